The molecule has 1 amide bonds. The van der Waals surface area contributed by atoms with Crippen molar-refractivity contribution in [2.45, 2.75) is 6.92 Å². The first-order valence-electron chi connectivity index (χ1n) is 11.9. The minimum absolute atomic E-state index is 0.270. The van der Waals surface area contributed by atoms with E-state index in [0.717, 1.165) is 45.1 Å². The van der Waals surface area contributed by atoms with Crippen LogP contribution in [0.4, 0.5) is 17.3 Å². The summed E-state index contributed by atoms with van der Waals surface area (Å²) in [5.41, 5.74) is 2.01. The Morgan fingerprint density at radius 2 is 1.82 bits per heavy atom. The molecule has 0 radical (unpaired) electrons. The van der Waals surface area contributed by atoms with Crippen LogP contribution in [-0.2, 0) is 9.47 Å². The zero-order valence-electron chi connectivity index (χ0n) is 20.0. The Morgan fingerprint density at radius 3 is 2.56 bits per heavy atom. The van der Waals surface area contributed by atoms with E-state index in [1.54, 1.807) is 6.07 Å². The second-order valence-corrected chi connectivity index (χ2v) is 8.31. The van der Waals surface area contributed by atoms with E-state index in [-0.39, 0.29) is 11.6 Å². The Morgan fingerprint density at radius 1 is 1.09 bits per heavy atom. The third-order valence-corrected chi connectivity index (χ3v) is 6.00. The van der Waals surface area contributed by atoms with E-state index in [1.807, 2.05) is 36.2 Å². The molecule has 34 heavy (non-hydrogen) atoms. The third kappa shape index (κ3) is 6.55. The second-order valence-electron chi connectivity index (χ2n) is 8.31. The van der Waals surface area contributed by atoms with Gasteiger partial charge in [0, 0.05) is 63.8 Å². The Kier molecular flexibility index (Phi) is 8.51. The maximum atomic E-state index is 13.1. The predicted molar refractivity (Wildman–Crippen MR) is 131 cm³/mol. The molecule has 2 aliphatic rings. The Balaban J connectivity index is 1.49. The number of nitrogens with zero attached hydrogens (tertiary/aromatic N) is 5. The molecule has 2 aliphatic heterocycles. The monoisotopic (exact) mass is 470 g/mol. The summed E-state index contributed by atoms with van der Waals surface area (Å²) in [4.78, 5) is 28.7. The molecule has 10 nitrogen and oxygen atoms in total. The highest BCUT2D eigenvalue weighted by Gasteiger charge is 2.20. The molecule has 3 heterocycles. The van der Waals surface area contributed by atoms with Gasteiger partial charge in [0.1, 0.15) is 12.3 Å². The molecule has 2 fully saturated rings. The molecule has 0 bridgehead atoms. The number of hydrogen-bond donors (Lipinski definition) is 1. The van der Waals surface area contributed by atoms with Crippen LogP contribution in [0.1, 0.15) is 17.4 Å². The fourth-order valence-electron chi connectivity index (χ4n) is 3.81. The van der Waals surface area contributed by atoms with Crippen LogP contribution in [0.25, 0.3) is 0 Å². The quantitative estimate of drug-likeness (QED) is 0.588. The van der Waals surface area contributed by atoms with Crippen LogP contribution in [0.2, 0.25) is 0 Å². The summed E-state index contributed by atoms with van der Waals surface area (Å²) in [6.45, 7) is 10.0. The number of aromatic nitrogens is 2. The number of carbonyl (C=O) groups is 1. The number of benzene rings is 1. The summed E-state index contributed by atoms with van der Waals surface area (Å²) in [5.74, 6) is 0.581. The van der Waals surface area contributed by atoms with Gasteiger partial charge in [-0.25, -0.2) is 4.98 Å². The molecule has 184 valence electrons. The molecule has 0 unspecified atom stereocenters. The average molecular weight is 471 g/mol. The smallest absolute Gasteiger partial charge is 0.274 e. The lowest BCUT2D eigenvalue weighted by Crippen LogP contribution is -2.39. The molecule has 0 aliphatic carbocycles. The van der Waals surface area contributed by atoms with E-state index in [9.17, 15) is 4.79 Å². The van der Waals surface area contributed by atoms with E-state index < -0.39 is 0 Å². The lowest BCUT2D eigenvalue weighted by Gasteiger charge is -2.27. The van der Waals surface area contributed by atoms with Crippen molar-refractivity contribution >= 4 is 23.2 Å². The van der Waals surface area contributed by atoms with Crippen LogP contribution in [0.3, 0.4) is 0 Å². The first-order valence-corrected chi connectivity index (χ1v) is 11.9. The minimum Gasteiger partial charge on any atom is -0.476 e. The van der Waals surface area contributed by atoms with Crippen LogP contribution in [0.5, 0.6) is 5.88 Å². The van der Waals surface area contributed by atoms with Crippen molar-refractivity contribution in [1.82, 2.24) is 14.9 Å². The van der Waals surface area contributed by atoms with Gasteiger partial charge in [-0.2, -0.15) is 4.98 Å². The molecule has 4 rings (SSSR count). The van der Waals surface area contributed by atoms with Crippen molar-refractivity contribution < 1.29 is 19.0 Å². The molecule has 0 atom stereocenters. The molecular formula is C24H34N6O4. The largest absolute Gasteiger partial charge is 0.476 e. The Labute approximate surface area is 200 Å². The zero-order valence-corrected chi connectivity index (χ0v) is 20.0. The summed E-state index contributed by atoms with van der Waals surface area (Å²) in [6.07, 6.45) is 0. The SMILES string of the molecule is CCN(C)c1cccc(NC(=O)c2cc(OCCN3CCOCC3)nc(N3CCOCC3)n2)c1. The van der Waals surface area contributed by atoms with Gasteiger partial charge in [0.05, 0.1) is 26.4 Å². The summed E-state index contributed by atoms with van der Waals surface area (Å²) in [5, 5.41) is 2.97. The number of carbonyl (C=O) groups excluding carboxylic acids is 1. The van der Waals surface area contributed by atoms with E-state index in [0.29, 0.717) is 50.4 Å². The second kappa shape index (κ2) is 12.0. The average Bonchev–Trinajstić information content (AvgIpc) is 2.89. The van der Waals surface area contributed by atoms with Crippen LogP contribution in [0.15, 0.2) is 30.3 Å². The van der Waals surface area contributed by atoms with Crippen molar-refractivity contribution in [3.63, 3.8) is 0 Å². The van der Waals surface area contributed by atoms with Gasteiger partial charge in [0.15, 0.2) is 0 Å². The number of anilines is 3. The standard InChI is InChI=1S/C24H34N6O4/c1-3-28(2)20-6-4-5-19(17-20)25-23(31)21-18-22(34-16-9-29-7-12-32-13-8-29)27-24(26-21)30-10-14-33-15-11-30/h4-6,17-18H,3,7-16H2,1-2H3,(H,25,31). The van der Waals surface area contributed by atoms with Crippen LogP contribution >= 0.6 is 0 Å². The fourth-order valence-corrected chi connectivity index (χ4v) is 3.81. The normalized spacial score (nSPS) is 16.8. The van der Waals surface area contributed by atoms with Gasteiger partial charge in [0.2, 0.25) is 11.8 Å². The van der Waals surface area contributed by atoms with Crippen LogP contribution in [-0.4, -0.2) is 100 Å². The van der Waals surface area contributed by atoms with Gasteiger partial charge in [-0.15, -0.1) is 0 Å². The van der Waals surface area contributed by atoms with Gasteiger partial charge in [0.25, 0.3) is 5.91 Å². The highest BCUT2D eigenvalue weighted by atomic mass is 16.5. The lowest BCUT2D eigenvalue weighted by molar-refractivity contribution is 0.0320. The third-order valence-electron chi connectivity index (χ3n) is 6.00. The van der Waals surface area contributed by atoms with Gasteiger partial charge < -0.3 is 29.3 Å². The van der Waals surface area contributed by atoms with Gasteiger partial charge in [-0.05, 0) is 25.1 Å². The molecule has 1 N–H and O–H groups in total. The molecule has 10 heteroatoms. The number of hydrogen-bond acceptors (Lipinski definition) is 9. The van der Waals surface area contributed by atoms with Crippen molar-refractivity contribution in [3.8, 4) is 5.88 Å². The van der Waals surface area contributed by atoms with E-state index >= 15 is 0 Å². The number of nitrogens with one attached hydrogen (secondary N) is 1. The highest BCUT2D eigenvalue weighted by Crippen LogP contribution is 2.21. The van der Waals surface area contributed by atoms with E-state index in [4.69, 9.17) is 14.2 Å². The van der Waals surface area contributed by atoms with E-state index in [1.165, 1.54) is 0 Å². The van der Waals surface area contributed by atoms with Crippen molar-refractivity contribution in [3.05, 3.63) is 36.0 Å². The summed E-state index contributed by atoms with van der Waals surface area (Å²) in [7, 11) is 2.01. The molecule has 1 aromatic heterocycles. The molecule has 0 spiro atoms. The van der Waals surface area contributed by atoms with Gasteiger partial charge in [-0.1, -0.05) is 6.07 Å². The number of ether oxygens (including phenoxy) is 3. The Hall–Kier alpha value is -2.95. The summed E-state index contributed by atoms with van der Waals surface area (Å²) in [6, 6.07) is 9.37. The van der Waals surface area contributed by atoms with Gasteiger partial charge >= 0.3 is 0 Å². The first-order chi connectivity index (χ1) is 16.6. The summed E-state index contributed by atoms with van der Waals surface area (Å²) >= 11 is 0. The topological polar surface area (TPSA) is 92.3 Å². The van der Waals surface area contributed by atoms with Crippen molar-refractivity contribution in [2.75, 3.05) is 94.5 Å². The first kappa shape index (κ1) is 24.2. The molecule has 2 aromatic rings. The minimum atomic E-state index is -0.300. The van der Waals surface area contributed by atoms with E-state index in [2.05, 4.69) is 32.0 Å². The maximum absolute atomic E-state index is 13.1. The van der Waals surface area contributed by atoms with Crippen LogP contribution < -0.4 is 19.9 Å². The predicted octanol–water partition coefficient (Wildman–Crippen LogP) is 1.73. The van der Waals surface area contributed by atoms with Crippen LogP contribution in [0, 0.1) is 0 Å². The number of amides is 1. The lowest BCUT2D eigenvalue weighted by atomic mass is 10.2. The van der Waals surface area contributed by atoms with Crippen molar-refractivity contribution in [1.29, 1.82) is 0 Å². The van der Waals surface area contributed by atoms with Gasteiger partial charge in [-0.3, -0.25) is 9.69 Å². The zero-order chi connectivity index (χ0) is 23.8. The Bertz CT molecular complexity index is 947. The maximum Gasteiger partial charge on any atom is 0.274 e. The number of rotatable bonds is 9. The molecular weight excluding hydrogens is 436 g/mol. The summed E-state index contributed by atoms with van der Waals surface area (Å²) < 4.78 is 16.8. The number of morpholine rings is 2. The molecule has 1 aromatic carbocycles. The van der Waals surface area contributed by atoms with Crippen molar-refractivity contribution in [2.24, 2.45) is 0 Å². The molecule has 2 saturated heterocycles. The highest BCUT2D eigenvalue weighted by molar-refractivity contribution is 6.03. The molecule has 0 saturated carbocycles. The fraction of sp³-hybridized carbons (Fsp3) is 0.542.